The first-order valence-electron chi connectivity index (χ1n) is 5.06. The maximum atomic E-state index is 12.2. The normalized spacial score (nSPS) is 12.3. The van der Waals surface area contributed by atoms with Crippen molar-refractivity contribution in [2.45, 2.75) is 13.1 Å². The largest absolute Gasteiger partial charge is 0.477 e. The Bertz CT molecular complexity index is 452. The third-order valence-corrected chi connectivity index (χ3v) is 1.99. The molecular weight excluding hydrogens is 249 g/mol. The zero-order valence-corrected chi connectivity index (χ0v) is 9.45. The summed E-state index contributed by atoms with van der Waals surface area (Å²) < 4.78 is 36.7. The zero-order valence-electron chi connectivity index (χ0n) is 9.45. The van der Waals surface area contributed by atoms with E-state index in [0.29, 0.717) is 6.54 Å². The summed E-state index contributed by atoms with van der Waals surface area (Å²) in [5.74, 6) is -1.18. The standard InChI is InChI=1S/C11H11F3N2O2/c1-2-15-8(10(17)18)5-7-3-4-9(16-6-7)11(12,13)14/h3-6,15H,2H2,1H3,(H,17,18). The first kappa shape index (κ1) is 14.0. The Morgan fingerprint density at radius 2 is 2.17 bits per heavy atom. The van der Waals surface area contributed by atoms with Crippen molar-refractivity contribution in [1.82, 2.24) is 10.3 Å². The molecule has 1 rings (SSSR count). The third-order valence-electron chi connectivity index (χ3n) is 1.99. The van der Waals surface area contributed by atoms with Crippen molar-refractivity contribution >= 4 is 12.0 Å². The molecule has 0 aromatic carbocycles. The number of carboxylic acid groups (broad SMARTS) is 1. The maximum absolute atomic E-state index is 12.2. The monoisotopic (exact) mass is 260 g/mol. The first-order chi connectivity index (χ1) is 8.34. The average Bonchev–Trinajstić information content (AvgIpc) is 2.28. The average molecular weight is 260 g/mol. The van der Waals surface area contributed by atoms with Crippen LogP contribution in [0.5, 0.6) is 0 Å². The van der Waals surface area contributed by atoms with Crippen LogP contribution < -0.4 is 5.32 Å². The van der Waals surface area contributed by atoms with Gasteiger partial charge in [-0.15, -0.1) is 0 Å². The highest BCUT2D eigenvalue weighted by Crippen LogP contribution is 2.27. The number of carboxylic acids is 1. The van der Waals surface area contributed by atoms with Crippen molar-refractivity contribution in [3.8, 4) is 0 Å². The lowest BCUT2D eigenvalue weighted by molar-refractivity contribution is -0.141. The van der Waals surface area contributed by atoms with Crippen molar-refractivity contribution in [1.29, 1.82) is 0 Å². The molecule has 0 fully saturated rings. The first-order valence-corrected chi connectivity index (χ1v) is 5.06. The van der Waals surface area contributed by atoms with Gasteiger partial charge in [0, 0.05) is 12.7 Å². The summed E-state index contributed by atoms with van der Waals surface area (Å²) in [7, 11) is 0. The van der Waals surface area contributed by atoms with E-state index in [1.54, 1.807) is 6.92 Å². The topological polar surface area (TPSA) is 62.2 Å². The minimum atomic E-state index is -4.50. The number of hydrogen-bond donors (Lipinski definition) is 2. The van der Waals surface area contributed by atoms with Crippen LogP contribution in [0.4, 0.5) is 13.2 Å². The van der Waals surface area contributed by atoms with Crippen molar-refractivity contribution in [3.05, 3.63) is 35.3 Å². The molecule has 0 atom stereocenters. The number of hydrogen-bond acceptors (Lipinski definition) is 3. The smallest absolute Gasteiger partial charge is 0.433 e. The van der Waals surface area contributed by atoms with Crippen LogP contribution in [0.2, 0.25) is 0 Å². The van der Waals surface area contributed by atoms with E-state index in [1.165, 1.54) is 6.08 Å². The molecule has 98 valence electrons. The number of nitrogens with one attached hydrogen (secondary N) is 1. The van der Waals surface area contributed by atoms with Crippen molar-refractivity contribution in [3.63, 3.8) is 0 Å². The highest BCUT2D eigenvalue weighted by atomic mass is 19.4. The molecule has 0 unspecified atom stereocenters. The minimum Gasteiger partial charge on any atom is -0.477 e. The van der Waals surface area contributed by atoms with Gasteiger partial charge in [-0.1, -0.05) is 6.07 Å². The molecule has 1 aromatic rings. The number of pyridine rings is 1. The van der Waals surface area contributed by atoms with Crippen molar-refractivity contribution in [2.24, 2.45) is 0 Å². The fourth-order valence-electron chi connectivity index (χ4n) is 1.20. The fraction of sp³-hybridized carbons (Fsp3) is 0.273. The Hall–Kier alpha value is -2.05. The Labute approximate surface area is 101 Å². The van der Waals surface area contributed by atoms with Crippen molar-refractivity contribution in [2.75, 3.05) is 6.54 Å². The summed E-state index contributed by atoms with van der Waals surface area (Å²) in [6.07, 6.45) is -2.30. The van der Waals surface area contributed by atoms with Gasteiger partial charge in [-0.3, -0.25) is 4.98 Å². The molecule has 2 N–H and O–H groups in total. The number of halogens is 3. The second-order valence-corrected chi connectivity index (χ2v) is 3.37. The molecule has 0 aliphatic rings. The second kappa shape index (κ2) is 5.52. The summed E-state index contributed by atoms with van der Waals surface area (Å²) in [5.41, 5.74) is -0.833. The van der Waals surface area contributed by atoms with Gasteiger partial charge in [0.25, 0.3) is 0 Å². The molecule has 18 heavy (non-hydrogen) atoms. The lowest BCUT2D eigenvalue weighted by Gasteiger charge is -2.06. The molecule has 0 radical (unpaired) electrons. The van der Waals surface area contributed by atoms with E-state index in [4.69, 9.17) is 5.11 Å². The molecule has 1 aromatic heterocycles. The lowest BCUT2D eigenvalue weighted by atomic mass is 10.2. The van der Waals surface area contributed by atoms with E-state index < -0.39 is 17.8 Å². The van der Waals surface area contributed by atoms with Crippen LogP contribution in [-0.4, -0.2) is 22.6 Å². The summed E-state index contributed by atoms with van der Waals surface area (Å²) in [4.78, 5) is 14.0. The molecule has 0 aliphatic carbocycles. The molecule has 0 aliphatic heterocycles. The van der Waals surface area contributed by atoms with E-state index in [2.05, 4.69) is 10.3 Å². The maximum Gasteiger partial charge on any atom is 0.433 e. The third kappa shape index (κ3) is 3.76. The number of nitrogens with zero attached hydrogens (tertiary/aromatic N) is 1. The van der Waals surface area contributed by atoms with E-state index in [1.807, 2.05) is 0 Å². The Morgan fingerprint density at radius 1 is 1.50 bits per heavy atom. The van der Waals surface area contributed by atoms with Crippen LogP contribution in [-0.2, 0) is 11.0 Å². The Kier molecular flexibility index (Phi) is 4.30. The Morgan fingerprint density at radius 3 is 2.56 bits per heavy atom. The second-order valence-electron chi connectivity index (χ2n) is 3.37. The van der Waals surface area contributed by atoms with Crippen LogP contribution in [0.15, 0.2) is 24.0 Å². The summed E-state index contributed by atoms with van der Waals surface area (Å²) in [6, 6.07) is 1.97. The van der Waals surface area contributed by atoms with Gasteiger partial charge in [0.1, 0.15) is 11.4 Å². The zero-order chi connectivity index (χ0) is 13.8. The van der Waals surface area contributed by atoms with Crippen LogP contribution in [0, 0.1) is 0 Å². The predicted octanol–water partition coefficient (Wildman–Crippen LogP) is 2.14. The summed E-state index contributed by atoms with van der Waals surface area (Å²) >= 11 is 0. The van der Waals surface area contributed by atoms with E-state index in [9.17, 15) is 18.0 Å². The summed E-state index contributed by atoms with van der Waals surface area (Å²) in [5, 5.41) is 11.4. The molecule has 0 saturated carbocycles. The van der Waals surface area contributed by atoms with Crippen LogP contribution in [0.25, 0.3) is 6.08 Å². The highest BCUT2D eigenvalue weighted by molar-refractivity contribution is 5.91. The van der Waals surface area contributed by atoms with Gasteiger partial charge in [-0.05, 0) is 24.6 Å². The Balaban J connectivity index is 2.98. The number of aliphatic carboxylic acids is 1. The minimum absolute atomic E-state index is 0.0981. The number of rotatable bonds is 4. The van der Waals surface area contributed by atoms with Crippen LogP contribution in [0.3, 0.4) is 0 Å². The fourth-order valence-corrected chi connectivity index (χ4v) is 1.20. The van der Waals surface area contributed by atoms with E-state index in [-0.39, 0.29) is 11.3 Å². The van der Waals surface area contributed by atoms with E-state index in [0.717, 1.165) is 18.3 Å². The molecular formula is C11H11F3N2O2. The van der Waals surface area contributed by atoms with Crippen LogP contribution >= 0.6 is 0 Å². The number of aromatic nitrogens is 1. The van der Waals surface area contributed by atoms with Gasteiger partial charge in [-0.2, -0.15) is 13.2 Å². The van der Waals surface area contributed by atoms with E-state index >= 15 is 0 Å². The van der Waals surface area contributed by atoms with Gasteiger partial charge in [0.2, 0.25) is 0 Å². The number of carbonyl (C=O) groups is 1. The quantitative estimate of drug-likeness (QED) is 0.814. The molecule has 7 heteroatoms. The lowest BCUT2D eigenvalue weighted by Crippen LogP contribution is -2.19. The van der Waals surface area contributed by atoms with Crippen LogP contribution in [0.1, 0.15) is 18.2 Å². The molecule has 1 heterocycles. The highest BCUT2D eigenvalue weighted by Gasteiger charge is 2.31. The van der Waals surface area contributed by atoms with Gasteiger partial charge < -0.3 is 10.4 Å². The summed E-state index contributed by atoms with van der Waals surface area (Å²) in [6.45, 7) is 2.11. The van der Waals surface area contributed by atoms with Gasteiger partial charge in [0.15, 0.2) is 0 Å². The predicted molar refractivity (Wildman–Crippen MR) is 58.5 cm³/mol. The SMILES string of the molecule is CCNC(=Cc1ccc(C(F)(F)F)nc1)C(=O)O. The number of likely N-dealkylation sites (N-methyl/N-ethyl adjacent to an activating group) is 1. The van der Waals surface area contributed by atoms with Gasteiger partial charge >= 0.3 is 12.1 Å². The molecule has 0 bridgehead atoms. The molecule has 0 spiro atoms. The van der Waals surface area contributed by atoms with Crippen molar-refractivity contribution < 1.29 is 23.1 Å². The molecule has 0 saturated heterocycles. The molecule has 0 amide bonds. The molecule has 4 nitrogen and oxygen atoms in total. The van der Waals surface area contributed by atoms with Gasteiger partial charge in [0.05, 0.1) is 0 Å². The number of alkyl halides is 3. The van der Waals surface area contributed by atoms with Gasteiger partial charge in [-0.25, -0.2) is 4.79 Å².